The maximum absolute atomic E-state index is 13.8. The van der Waals surface area contributed by atoms with Gasteiger partial charge < -0.3 is 30.5 Å². The summed E-state index contributed by atoms with van der Waals surface area (Å²) in [6.45, 7) is 0. The molecule has 1 atom stereocenters. The van der Waals surface area contributed by atoms with E-state index in [9.17, 15) is 24.3 Å². The Hall–Kier alpha value is -6.33. The van der Waals surface area contributed by atoms with Gasteiger partial charge in [0, 0.05) is 27.4 Å². The molecule has 10 nitrogen and oxygen atoms in total. The number of para-hydroxylation sites is 1. The number of thioether (sulfide) groups is 1. The van der Waals surface area contributed by atoms with Crippen LogP contribution in [0.15, 0.2) is 138 Å². The lowest BCUT2D eigenvalue weighted by atomic mass is 10.1. The SMILES string of the molecule is COc1cccc(/C=C(/NC(=O)c2ccccc2)C(=O)Nc2cccc(SC(C(=O)Nc3ccc(C(=O)O)cc3)c3ccccc3)c2)c1OC. The summed E-state index contributed by atoms with van der Waals surface area (Å²) in [7, 11) is 2.99. The number of anilines is 2. The second kappa shape index (κ2) is 16.7. The first-order chi connectivity index (χ1) is 24.2. The molecule has 1 unspecified atom stereocenters. The standard InChI is InChI=1S/C39H33N3O7S/c1-48-33-18-9-15-28(34(33)49-2)23-32(42-36(43)26-13-7-4-8-14-26)37(44)41-30-16-10-17-31(24-30)50-35(25-11-5-3-6-12-25)38(45)40-29-21-19-27(20-22-29)39(46)47/h3-24,35H,1-2H3,(H,40,45)(H,41,44)(H,42,43)(H,46,47)/b32-23+. The van der Waals surface area contributed by atoms with E-state index in [1.165, 1.54) is 56.3 Å². The van der Waals surface area contributed by atoms with E-state index < -0.39 is 23.0 Å². The summed E-state index contributed by atoms with van der Waals surface area (Å²) in [6, 6.07) is 35.8. The molecule has 0 aromatic heterocycles. The van der Waals surface area contributed by atoms with E-state index in [2.05, 4.69) is 16.0 Å². The summed E-state index contributed by atoms with van der Waals surface area (Å²) in [5.41, 5.74) is 2.55. The van der Waals surface area contributed by atoms with Crippen LogP contribution in [0.25, 0.3) is 6.08 Å². The number of methoxy groups -OCH3 is 2. The van der Waals surface area contributed by atoms with Crippen molar-refractivity contribution in [1.82, 2.24) is 5.32 Å². The van der Waals surface area contributed by atoms with Gasteiger partial charge in [-0.25, -0.2) is 4.79 Å². The second-order valence-corrected chi connectivity index (χ2v) is 11.9. The van der Waals surface area contributed by atoms with Gasteiger partial charge in [0.1, 0.15) is 10.9 Å². The molecule has 5 aromatic carbocycles. The molecule has 0 aliphatic rings. The first-order valence-electron chi connectivity index (χ1n) is 15.3. The monoisotopic (exact) mass is 687 g/mol. The van der Waals surface area contributed by atoms with Gasteiger partial charge >= 0.3 is 5.97 Å². The number of ether oxygens (including phenoxy) is 2. The maximum atomic E-state index is 13.8. The Balaban J connectivity index is 1.40. The van der Waals surface area contributed by atoms with Gasteiger partial charge in [-0.2, -0.15) is 0 Å². The van der Waals surface area contributed by atoms with Gasteiger partial charge in [-0.05, 0) is 72.3 Å². The third-order valence-corrected chi connectivity index (χ3v) is 8.60. The lowest BCUT2D eigenvalue weighted by Crippen LogP contribution is -2.30. The smallest absolute Gasteiger partial charge is 0.335 e. The second-order valence-electron chi connectivity index (χ2n) is 10.7. The molecule has 11 heteroatoms. The zero-order valence-corrected chi connectivity index (χ0v) is 27.9. The first kappa shape index (κ1) is 35.0. The normalized spacial score (nSPS) is 11.5. The molecule has 252 valence electrons. The van der Waals surface area contributed by atoms with Crippen LogP contribution in [0.4, 0.5) is 11.4 Å². The summed E-state index contributed by atoms with van der Waals surface area (Å²) in [6.07, 6.45) is 1.51. The molecule has 0 fully saturated rings. The number of carbonyl (C=O) groups is 4. The molecule has 5 rings (SSSR count). The molecule has 0 heterocycles. The highest BCUT2D eigenvalue weighted by Crippen LogP contribution is 2.37. The Morgan fingerprint density at radius 3 is 2.04 bits per heavy atom. The van der Waals surface area contributed by atoms with E-state index in [0.29, 0.717) is 38.9 Å². The number of nitrogens with one attached hydrogen (secondary N) is 3. The topological polar surface area (TPSA) is 143 Å². The van der Waals surface area contributed by atoms with Gasteiger partial charge in [-0.15, -0.1) is 11.8 Å². The van der Waals surface area contributed by atoms with Crippen LogP contribution in [0.3, 0.4) is 0 Å². The van der Waals surface area contributed by atoms with E-state index in [4.69, 9.17) is 9.47 Å². The van der Waals surface area contributed by atoms with Crippen molar-refractivity contribution in [2.75, 3.05) is 24.9 Å². The Bertz CT molecular complexity index is 2020. The molecular formula is C39H33N3O7S. The highest BCUT2D eigenvalue weighted by atomic mass is 32.2. The van der Waals surface area contributed by atoms with Gasteiger partial charge in [-0.3, -0.25) is 14.4 Å². The Morgan fingerprint density at radius 1 is 0.700 bits per heavy atom. The van der Waals surface area contributed by atoms with Crippen LogP contribution >= 0.6 is 11.8 Å². The zero-order valence-electron chi connectivity index (χ0n) is 27.1. The third-order valence-electron chi connectivity index (χ3n) is 7.35. The Labute approximate surface area is 293 Å². The van der Waals surface area contributed by atoms with E-state index in [0.717, 1.165) is 5.56 Å². The summed E-state index contributed by atoms with van der Waals surface area (Å²) in [5.74, 6) is -1.62. The van der Waals surface area contributed by atoms with Crippen molar-refractivity contribution in [2.24, 2.45) is 0 Å². The van der Waals surface area contributed by atoms with Gasteiger partial charge in [0.05, 0.1) is 19.8 Å². The molecule has 0 aliphatic carbocycles. The Morgan fingerprint density at radius 2 is 1.38 bits per heavy atom. The van der Waals surface area contributed by atoms with Crippen LogP contribution in [0.5, 0.6) is 11.5 Å². The molecule has 4 N–H and O–H groups in total. The summed E-state index contributed by atoms with van der Waals surface area (Å²) >= 11 is 1.27. The predicted octanol–water partition coefficient (Wildman–Crippen LogP) is 7.28. The first-order valence-corrected chi connectivity index (χ1v) is 16.2. The lowest BCUT2D eigenvalue weighted by Gasteiger charge is -2.18. The minimum Gasteiger partial charge on any atom is -0.493 e. The van der Waals surface area contributed by atoms with Gasteiger partial charge in [0.2, 0.25) is 5.91 Å². The predicted molar refractivity (Wildman–Crippen MR) is 194 cm³/mol. The van der Waals surface area contributed by atoms with Crippen molar-refractivity contribution < 1.29 is 33.8 Å². The highest BCUT2D eigenvalue weighted by Gasteiger charge is 2.23. The number of carboxylic acids is 1. The molecule has 0 bridgehead atoms. The maximum Gasteiger partial charge on any atom is 0.335 e. The van der Waals surface area contributed by atoms with E-state index in [1.807, 2.05) is 36.4 Å². The molecule has 3 amide bonds. The third kappa shape index (κ3) is 8.97. The number of hydrogen-bond donors (Lipinski definition) is 4. The molecule has 0 saturated carbocycles. The number of amides is 3. The molecule has 0 aliphatic heterocycles. The summed E-state index contributed by atoms with van der Waals surface area (Å²) < 4.78 is 11.0. The van der Waals surface area contributed by atoms with Crippen LogP contribution in [0.1, 0.15) is 37.1 Å². The van der Waals surface area contributed by atoms with Crippen molar-refractivity contribution >= 4 is 52.9 Å². The minimum absolute atomic E-state index is 0.0427. The number of carboxylic acid groups (broad SMARTS) is 1. The Kier molecular flexibility index (Phi) is 11.7. The fraction of sp³-hybridized carbons (Fsp3) is 0.0769. The molecule has 50 heavy (non-hydrogen) atoms. The number of rotatable bonds is 13. The van der Waals surface area contributed by atoms with Crippen LogP contribution in [0, 0.1) is 0 Å². The van der Waals surface area contributed by atoms with Crippen molar-refractivity contribution in [1.29, 1.82) is 0 Å². The van der Waals surface area contributed by atoms with Crippen molar-refractivity contribution in [2.45, 2.75) is 10.1 Å². The van der Waals surface area contributed by atoms with E-state index in [-0.39, 0.29) is 17.2 Å². The quantitative estimate of drug-likeness (QED) is 0.0747. The number of aromatic carboxylic acids is 1. The van der Waals surface area contributed by atoms with E-state index in [1.54, 1.807) is 66.7 Å². The van der Waals surface area contributed by atoms with Gasteiger partial charge in [-0.1, -0.05) is 66.7 Å². The van der Waals surface area contributed by atoms with Crippen molar-refractivity contribution in [3.8, 4) is 11.5 Å². The number of benzene rings is 5. The van der Waals surface area contributed by atoms with Gasteiger partial charge in [0.25, 0.3) is 11.8 Å². The highest BCUT2D eigenvalue weighted by molar-refractivity contribution is 8.00. The van der Waals surface area contributed by atoms with E-state index >= 15 is 0 Å². The van der Waals surface area contributed by atoms with Crippen LogP contribution in [0.2, 0.25) is 0 Å². The average molecular weight is 688 g/mol. The van der Waals surface area contributed by atoms with Crippen molar-refractivity contribution in [3.63, 3.8) is 0 Å². The molecule has 5 aromatic rings. The molecule has 0 spiro atoms. The number of carbonyl (C=O) groups excluding carboxylic acids is 3. The van der Waals surface area contributed by atoms with Crippen LogP contribution < -0.4 is 25.4 Å². The average Bonchev–Trinajstić information content (AvgIpc) is 3.14. The lowest BCUT2D eigenvalue weighted by molar-refractivity contribution is -0.116. The summed E-state index contributed by atoms with van der Waals surface area (Å²) in [5, 5.41) is 17.0. The number of hydrogen-bond acceptors (Lipinski definition) is 7. The minimum atomic E-state index is -1.06. The zero-order chi connectivity index (χ0) is 35.5. The molecule has 0 saturated heterocycles. The fourth-order valence-corrected chi connectivity index (χ4v) is 5.99. The van der Waals surface area contributed by atoms with Crippen molar-refractivity contribution in [3.05, 3.63) is 155 Å². The van der Waals surface area contributed by atoms with Crippen LogP contribution in [-0.2, 0) is 9.59 Å². The largest absolute Gasteiger partial charge is 0.493 e. The summed E-state index contributed by atoms with van der Waals surface area (Å²) in [4.78, 5) is 52.5. The van der Waals surface area contributed by atoms with Crippen LogP contribution in [-0.4, -0.2) is 43.0 Å². The molecule has 0 radical (unpaired) electrons. The fourth-order valence-electron chi connectivity index (χ4n) is 4.91. The van der Waals surface area contributed by atoms with Gasteiger partial charge in [0.15, 0.2) is 11.5 Å². The molecular weight excluding hydrogens is 655 g/mol.